The third kappa shape index (κ3) is 1.67. The van der Waals surface area contributed by atoms with Gasteiger partial charge in [-0.1, -0.05) is 0 Å². The summed E-state index contributed by atoms with van der Waals surface area (Å²) in [7, 11) is 0. The number of carbonyl (C=O) groups is 1. The van der Waals surface area contributed by atoms with Crippen LogP contribution in [-0.4, -0.2) is 10.4 Å². The minimum Gasteiger partial charge on any atom is -0.320 e. The van der Waals surface area contributed by atoms with Crippen LogP contribution in [0.25, 0.3) is 5.69 Å². The summed E-state index contributed by atoms with van der Waals surface area (Å²) < 4.78 is 15.1. The van der Waals surface area contributed by atoms with Gasteiger partial charge >= 0.3 is 0 Å². The first-order chi connectivity index (χ1) is 8.66. The Labute approximate surface area is 105 Å². The lowest BCUT2D eigenvalue weighted by Crippen LogP contribution is -2.12. The molecular weight excluding hydrogens is 229 g/mol. The van der Waals surface area contributed by atoms with E-state index in [1.165, 1.54) is 12.1 Å². The zero-order valence-electron chi connectivity index (χ0n) is 10.2. The number of nitrogens with zero attached hydrogens (tertiary/aromatic N) is 1. The third-order valence-corrected chi connectivity index (χ3v) is 3.53. The fourth-order valence-electron chi connectivity index (χ4n) is 2.64. The van der Waals surface area contributed by atoms with Crippen LogP contribution in [0.3, 0.4) is 0 Å². The van der Waals surface area contributed by atoms with E-state index in [-0.39, 0.29) is 11.6 Å². The van der Waals surface area contributed by atoms with Gasteiger partial charge in [0.05, 0.1) is 0 Å². The highest BCUT2D eigenvalue weighted by molar-refractivity contribution is 5.98. The molecule has 0 saturated heterocycles. The molecule has 0 saturated carbocycles. The zero-order valence-corrected chi connectivity index (χ0v) is 10.2. The SMILES string of the molecule is Cc1cc(F)ccc1-n1ccc2c1CCCC2=O. The van der Waals surface area contributed by atoms with Gasteiger partial charge in [-0.3, -0.25) is 4.79 Å². The molecule has 0 unspecified atom stereocenters. The molecule has 1 aromatic heterocycles. The highest BCUT2D eigenvalue weighted by atomic mass is 19.1. The van der Waals surface area contributed by atoms with Crippen molar-refractivity contribution in [3.05, 3.63) is 53.1 Å². The minimum atomic E-state index is -0.228. The Morgan fingerprint density at radius 2 is 2.06 bits per heavy atom. The van der Waals surface area contributed by atoms with Crippen molar-refractivity contribution in [1.29, 1.82) is 0 Å². The number of rotatable bonds is 1. The van der Waals surface area contributed by atoms with Gasteiger partial charge in [0, 0.05) is 29.6 Å². The molecule has 0 bridgehead atoms. The molecule has 1 aliphatic rings. The van der Waals surface area contributed by atoms with E-state index >= 15 is 0 Å². The fraction of sp³-hybridized carbons (Fsp3) is 0.267. The second-order valence-corrected chi connectivity index (χ2v) is 4.75. The van der Waals surface area contributed by atoms with E-state index in [4.69, 9.17) is 0 Å². The average Bonchev–Trinajstić information content (AvgIpc) is 2.74. The minimum absolute atomic E-state index is 0.217. The Bertz CT molecular complexity index is 627. The predicted molar refractivity (Wildman–Crippen MR) is 67.7 cm³/mol. The summed E-state index contributed by atoms with van der Waals surface area (Å²) in [6.07, 6.45) is 4.36. The number of benzene rings is 1. The van der Waals surface area contributed by atoms with E-state index in [2.05, 4.69) is 0 Å². The van der Waals surface area contributed by atoms with Gasteiger partial charge in [-0.25, -0.2) is 4.39 Å². The number of aromatic nitrogens is 1. The molecule has 3 heteroatoms. The van der Waals surface area contributed by atoms with Crippen molar-refractivity contribution in [3.63, 3.8) is 0 Å². The number of ketones is 1. The van der Waals surface area contributed by atoms with E-state index in [0.29, 0.717) is 6.42 Å². The first-order valence-electron chi connectivity index (χ1n) is 6.17. The van der Waals surface area contributed by atoms with Crippen molar-refractivity contribution in [3.8, 4) is 5.69 Å². The predicted octanol–water partition coefficient (Wildman–Crippen LogP) is 3.44. The molecule has 0 amide bonds. The van der Waals surface area contributed by atoms with Gasteiger partial charge in [-0.15, -0.1) is 0 Å². The van der Waals surface area contributed by atoms with Crippen LogP contribution < -0.4 is 0 Å². The second-order valence-electron chi connectivity index (χ2n) is 4.75. The fourth-order valence-corrected chi connectivity index (χ4v) is 2.64. The van der Waals surface area contributed by atoms with Gasteiger partial charge in [0.15, 0.2) is 5.78 Å². The zero-order chi connectivity index (χ0) is 12.7. The van der Waals surface area contributed by atoms with Gasteiger partial charge in [0.1, 0.15) is 5.82 Å². The Kier molecular flexibility index (Phi) is 2.54. The number of aryl methyl sites for hydroxylation is 1. The molecule has 0 N–H and O–H groups in total. The molecule has 1 heterocycles. The maximum Gasteiger partial charge on any atom is 0.164 e. The van der Waals surface area contributed by atoms with E-state index < -0.39 is 0 Å². The molecule has 0 fully saturated rings. The van der Waals surface area contributed by atoms with Gasteiger partial charge in [-0.05, 0) is 49.6 Å². The molecule has 0 aliphatic heterocycles. The Balaban J connectivity index is 2.15. The van der Waals surface area contributed by atoms with Crippen LogP contribution >= 0.6 is 0 Å². The maximum atomic E-state index is 13.1. The molecule has 2 aromatic rings. The highest BCUT2D eigenvalue weighted by Gasteiger charge is 2.21. The molecular formula is C15H14FNO. The first kappa shape index (κ1) is 11.2. The van der Waals surface area contributed by atoms with Crippen LogP contribution in [0.1, 0.15) is 34.5 Å². The van der Waals surface area contributed by atoms with Crippen molar-refractivity contribution >= 4 is 5.78 Å². The number of hydrogen-bond acceptors (Lipinski definition) is 1. The van der Waals surface area contributed by atoms with Gasteiger partial charge in [0.25, 0.3) is 0 Å². The number of halogens is 1. The molecule has 0 spiro atoms. The summed E-state index contributed by atoms with van der Waals surface area (Å²) in [6.45, 7) is 1.88. The van der Waals surface area contributed by atoms with E-state index in [1.54, 1.807) is 6.07 Å². The summed E-state index contributed by atoms with van der Waals surface area (Å²) in [5.74, 6) is -0.0110. The molecule has 1 aliphatic carbocycles. The Morgan fingerprint density at radius 1 is 1.22 bits per heavy atom. The van der Waals surface area contributed by atoms with Crippen LogP contribution in [0, 0.1) is 12.7 Å². The lowest BCUT2D eigenvalue weighted by molar-refractivity contribution is 0.0972. The summed E-state index contributed by atoms with van der Waals surface area (Å²) >= 11 is 0. The van der Waals surface area contributed by atoms with E-state index in [0.717, 1.165) is 35.3 Å². The molecule has 0 atom stereocenters. The third-order valence-electron chi connectivity index (χ3n) is 3.53. The quantitative estimate of drug-likeness (QED) is 0.752. The lowest BCUT2D eigenvalue weighted by atomic mass is 9.96. The monoisotopic (exact) mass is 243 g/mol. The molecule has 2 nitrogen and oxygen atoms in total. The number of carbonyl (C=O) groups excluding carboxylic acids is 1. The van der Waals surface area contributed by atoms with Gasteiger partial charge < -0.3 is 4.57 Å². The van der Waals surface area contributed by atoms with Crippen molar-refractivity contribution in [1.82, 2.24) is 4.57 Å². The summed E-state index contributed by atoms with van der Waals surface area (Å²) in [5, 5.41) is 0. The summed E-state index contributed by atoms with van der Waals surface area (Å²) in [5.41, 5.74) is 3.71. The van der Waals surface area contributed by atoms with Crippen molar-refractivity contribution < 1.29 is 9.18 Å². The smallest absolute Gasteiger partial charge is 0.164 e. The molecule has 1 aromatic carbocycles. The van der Waals surface area contributed by atoms with E-state index in [9.17, 15) is 9.18 Å². The van der Waals surface area contributed by atoms with Crippen molar-refractivity contribution in [2.75, 3.05) is 0 Å². The molecule has 3 rings (SSSR count). The van der Waals surface area contributed by atoms with Crippen molar-refractivity contribution in [2.24, 2.45) is 0 Å². The Morgan fingerprint density at radius 3 is 2.83 bits per heavy atom. The summed E-state index contributed by atoms with van der Waals surface area (Å²) in [4.78, 5) is 11.8. The standard InChI is InChI=1S/C15H14FNO/c1-10-9-11(16)5-6-13(10)17-8-7-12-14(17)3-2-4-15(12)18/h5-9H,2-4H2,1H3. The normalized spacial score (nSPS) is 14.7. The molecule has 18 heavy (non-hydrogen) atoms. The van der Waals surface area contributed by atoms with Crippen LogP contribution in [0.2, 0.25) is 0 Å². The van der Waals surface area contributed by atoms with Crippen LogP contribution in [0.5, 0.6) is 0 Å². The van der Waals surface area contributed by atoms with Gasteiger partial charge in [-0.2, -0.15) is 0 Å². The topological polar surface area (TPSA) is 22.0 Å². The average molecular weight is 243 g/mol. The van der Waals surface area contributed by atoms with E-state index in [1.807, 2.05) is 23.8 Å². The first-order valence-corrected chi connectivity index (χ1v) is 6.17. The number of hydrogen-bond donors (Lipinski definition) is 0. The number of fused-ring (bicyclic) bond motifs is 1. The highest BCUT2D eigenvalue weighted by Crippen LogP contribution is 2.26. The maximum absolute atomic E-state index is 13.1. The Hall–Kier alpha value is -1.90. The van der Waals surface area contributed by atoms with Crippen molar-refractivity contribution in [2.45, 2.75) is 26.2 Å². The van der Waals surface area contributed by atoms with Crippen LogP contribution in [0.15, 0.2) is 30.5 Å². The summed E-state index contributed by atoms with van der Waals surface area (Å²) in [6, 6.07) is 6.62. The number of Topliss-reactive ketones (excluding diaryl/α,β-unsaturated/α-hetero) is 1. The van der Waals surface area contributed by atoms with Crippen LogP contribution in [-0.2, 0) is 6.42 Å². The molecule has 92 valence electrons. The lowest BCUT2D eigenvalue weighted by Gasteiger charge is -2.16. The van der Waals surface area contributed by atoms with Crippen LogP contribution in [0.4, 0.5) is 4.39 Å². The van der Waals surface area contributed by atoms with Gasteiger partial charge in [0.2, 0.25) is 0 Å². The second kappa shape index (κ2) is 4.09. The molecule has 0 radical (unpaired) electrons. The largest absolute Gasteiger partial charge is 0.320 e.